The van der Waals surface area contributed by atoms with Gasteiger partial charge in [-0.25, -0.2) is 0 Å². The molecule has 0 saturated heterocycles. The molecule has 0 fully saturated rings. The Morgan fingerprint density at radius 3 is 2.10 bits per heavy atom. The zero-order chi connectivity index (χ0) is 21.5. The first-order valence-electron chi connectivity index (χ1n) is 9.50. The highest BCUT2D eigenvalue weighted by molar-refractivity contribution is 5.95. The maximum Gasteiger partial charge on any atom is 0.262 e. The second kappa shape index (κ2) is 9.60. The smallest absolute Gasteiger partial charge is 0.262 e. The molecule has 0 heterocycles. The Labute approximate surface area is 175 Å². The van der Waals surface area contributed by atoms with Crippen molar-refractivity contribution in [3.8, 4) is 22.6 Å². The lowest BCUT2D eigenvalue weighted by atomic mass is 10.0. The van der Waals surface area contributed by atoms with E-state index in [1.807, 2.05) is 24.3 Å². The highest BCUT2D eigenvalue weighted by Crippen LogP contribution is 2.28. The van der Waals surface area contributed by atoms with Crippen LogP contribution in [0.4, 0.5) is 11.4 Å². The minimum absolute atomic E-state index is 0.155. The molecular weight excluding hydrogens is 380 g/mol. The molecule has 154 valence electrons. The third-order valence-corrected chi connectivity index (χ3v) is 4.40. The molecule has 0 unspecified atom stereocenters. The van der Waals surface area contributed by atoms with Gasteiger partial charge in [0, 0.05) is 12.6 Å². The molecule has 30 heavy (non-hydrogen) atoms. The van der Waals surface area contributed by atoms with Gasteiger partial charge in [0.1, 0.15) is 11.5 Å². The van der Waals surface area contributed by atoms with Crippen LogP contribution in [0.3, 0.4) is 0 Å². The summed E-state index contributed by atoms with van der Waals surface area (Å²) in [5.74, 6) is 0.547. The molecule has 0 atom stereocenters. The van der Waals surface area contributed by atoms with E-state index in [0.717, 1.165) is 11.1 Å². The molecule has 2 amide bonds. The van der Waals surface area contributed by atoms with Crippen LogP contribution in [-0.2, 0) is 9.59 Å². The summed E-state index contributed by atoms with van der Waals surface area (Å²) < 4.78 is 10.9. The van der Waals surface area contributed by atoms with Crippen LogP contribution in [0.2, 0.25) is 0 Å². The summed E-state index contributed by atoms with van der Waals surface area (Å²) in [6.07, 6.45) is 0. The number of anilines is 2. The van der Waals surface area contributed by atoms with E-state index in [0.29, 0.717) is 22.9 Å². The fraction of sp³-hybridized carbons (Fsp3) is 0.167. The number of rotatable bonds is 7. The summed E-state index contributed by atoms with van der Waals surface area (Å²) in [6, 6.07) is 20.9. The monoisotopic (exact) mass is 404 g/mol. The largest absolute Gasteiger partial charge is 0.495 e. The number of carbonyl (C=O) groups is 2. The molecule has 3 aromatic rings. The van der Waals surface area contributed by atoms with Crippen molar-refractivity contribution >= 4 is 23.2 Å². The van der Waals surface area contributed by atoms with Gasteiger partial charge in [0.2, 0.25) is 5.91 Å². The van der Waals surface area contributed by atoms with E-state index in [1.54, 1.807) is 18.2 Å². The normalized spacial score (nSPS) is 10.2. The van der Waals surface area contributed by atoms with Gasteiger partial charge >= 0.3 is 0 Å². The topological polar surface area (TPSA) is 76.7 Å². The first-order chi connectivity index (χ1) is 14.4. The molecule has 0 bridgehead atoms. The fourth-order valence-electron chi connectivity index (χ4n) is 2.91. The molecule has 0 saturated carbocycles. The predicted octanol–water partition coefficient (Wildman–Crippen LogP) is 4.65. The van der Waals surface area contributed by atoms with Crippen LogP contribution in [-0.4, -0.2) is 25.5 Å². The highest BCUT2D eigenvalue weighted by atomic mass is 16.5. The van der Waals surface area contributed by atoms with Gasteiger partial charge in [-0.2, -0.15) is 0 Å². The quantitative estimate of drug-likeness (QED) is 0.601. The molecule has 0 aromatic heterocycles. The fourth-order valence-corrected chi connectivity index (χ4v) is 2.91. The van der Waals surface area contributed by atoms with Crippen LogP contribution >= 0.6 is 0 Å². The predicted molar refractivity (Wildman–Crippen MR) is 118 cm³/mol. The van der Waals surface area contributed by atoms with Gasteiger partial charge in [0.25, 0.3) is 5.91 Å². The van der Waals surface area contributed by atoms with E-state index in [-0.39, 0.29) is 18.4 Å². The number of nitrogens with one attached hydrogen (secondary N) is 2. The molecule has 0 aliphatic carbocycles. The summed E-state index contributed by atoms with van der Waals surface area (Å²) in [6.45, 7) is 3.31. The van der Waals surface area contributed by atoms with Gasteiger partial charge in [-0.1, -0.05) is 42.0 Å². The molecule has 3 aromatic carbocycles. The number of amides is 2. The number of benzene rings is 3. The Balaban J connectivity index is 1.60. The number of carbonyl (C=O) groups excluding carboxylic acids is 2. The SMILES string of the molecule is COc1ccc(NC(C)=O)cc1NC(=O)COc1ccc(-c2ccc(C)cc2)cc1. The zero-order valence-electron chi connectivity index (χ0n) is 17.2. The molecule has 0 aliphatic rings. The van der Waals surface area contributed by atoms with Crippen molar-refractivity contribution < 1.29 is 19.1 Å². The second-order valence-corrected chi connectivity index (χ2v) is 6.82. The summed E-state index contributed by atoms with van der Waals surface area (Å²) in [4.78, 5) is 23.6. The van der Waals surface area contributed by atoms with Crippen molar-refractivity contribution in [1.29, 1.82) is 0 Å². The molecule has 3 rings (SSSR count). The average molecular weight is 404 g/mol. The van der Waals surface area contributed by atoms with Gasteiger partial charge in [0.15, 0.2) is 6.61 Å². The van der Waals surface area contributed by atoms with Crippen LogP contribution in [0, 0.1) is 6.92 Å². The summed E-state index contributed by atoms with van der Waals surface area (Å²) in [7, 11) is 1.51. The van der Waals surface area contributed by atoms with E-state index in [9.17, 15) is 9.59 Å². The number of hydrogen-bond acceptors (Lipinski definition) is 4. The number of methoxy groups -OCH3 is 1. The van der Waals surface area contributed by atoms with E-state index in [4.69, 9.17) is 9.47 Å². The van der Waals surface area contributed by atoms with Crippen LogP contribution in [0.1, 0.15) is 12.5 Å². The average Bonchev–Trinajstić information content (AvgIpc) is 2.73. The third-order valence-electron chi connectivity index (χ3n) is 4.40. The van der Waals surface area contributed by atoms with Crippen LogP contribution < -0.4 is 20.1 Å². The first-order valence-corrected chi connectivity index (χ1v) is 9.50. The highest BCUT2D eigenvalue weighted by Gasteiger charge is 2.10. The number of hydrogen-bond donors (Lipinski definition) is 2. The van der Waals surface area contributed by atoms with Gasteiger partial charge < -0.3 is 20.1 Å². The molecule has 0 aliphatic heterocycles. The molecule has 6 heteroatoms. The van der Waals surface area contributed by atoms with E-state index in [1.165, 1.54) is 19.6 Å². The van der Waals surface area contributed by atoms with E-state index < -0.39 is 0 Å². The van der Waals surface area contributed by atoms with E-state index >= 15 is 0 Å². The molecule has 0 radical (unpaired) electrons. The van der Waals surface area contributed by atoms with Gasteiger partial charge in [-0.05, 0) is 48.4 Å². The van der Waals surface area contributed by atoms with Gasteiger partial charge in [-0.15, -0.1) is 0 Å². The molecule has 2 N–H and O–H groups in total. The Hall–Kier alpha value is -3.80. The van der Waals surface area contributed by atoms with Crippen LogP contribution in [0.15, 0.2) is 66.7 Å². The summed E-state index contributed by atoms with van der Waals surface area (Å²) in [5, 5.41) is 5.42. The van der Waals surface area contributed by atoms with Crippen molar-refractivity contribution in [2.45, 2.75) is 13.8 Å². The van der Waals surface area contributed by atoms with Crippen molar-refractivity contribution in [2.24, 2.45) is 0 Å². The van der Waals surface area contributed by atoms with Crippen LogP contribution in [0.25, 0.3) is 11.1 Å². The number of ether oxygens (including phenoxy) is 2. The number of aryl methyl sites for hydroxylation is 1. The Morgan fingerprint density at radius 1 is 0.867 bits per heavy atom. The lowest BCUT2D eigenvalue weighted by Crippen LogP contribution is -2.20. The standard InChI is InChI=1S/C24H24N2O4/c1-16-4-6-18(7-5-16)19-8-11-21(12-9-19)30-15-24(28)26-22-14-20(25-17(2)27)10-13-23(22)29-3/h4-14H,15H2,1-3H3,(H,25,27)(H,26,28). The summed E-state index contributed by atoms with van der Waals surface area (Å²) >= 11 is 0. The molecule has 0 spiro atoms. The lowest BCUT2D eigenvalue weighted by Gasteiger charge is -2.13. The van der Waals surface area contributed by atoms with Crippen molar-refractivity contribution in [2.75, 3.05) is 24.4 Å². The third kappa shape index (κ3) is 5.61. The maximum atomic E-state index is 12.3. The first kappa shape index (κ1) is 20.9. The Bertz CT molecular complexity index is 1030. The van der Waals surface area contributed by atoms with Crippen molar-refractivity contribution in [3.63, 3.8) is 0 Å². The summed E-state index contributed by atoms with van der Waals surface area (Å²) in [5.41, 5.74) is 4.42. The minimum Gasteiger partial charge on any atom is -0.495 e. The van der Waals surface area contributed by atoms with Crippen molar-refractivity contribution in [3.05, 3.63) is 72.3 Å². The van der Waals surface area contributed by atoms with Gasteiger partial charge in [-0.3, -0.25) is 9.59 Å². The Kier molecular flexibility index (Phi) is 6.70. The maximum absolute atomic E-state index is 12.3. The van der Waals surface area contributed by atoms with Crippen molar-refractivity contribution in [1.82, 2.24) is 0 Å². The second-order valence-electron chi connectivity index (χ2n) is 6.82. The van der Waals surface area contributed by atoms with Gasteiger partial charge in [0.05, 0.1) is 12.8 Å². The van der Waals surface area contributed by atoms with Crippen LogP contribution in [0.5, 0.6) is 11.5 Å². The minimum atomic E-state index is -0.337. The zero-order valence-corrected chi connectivity index (χ0v) is 17.2. The van der Waals surface area contributed by atoms with E-state index in [2.05, 4.69) is 41.8 Å². The Morgan fingerprint density at radius 2 is 1.50 bits per heavy atom. The molecule has 6 nitrogen and oxygen atoms in total. The lowest BCUT2D eigenvalue weighted by molar-refractivity contribution is -0.118. The molecular formula is C24H24N2O4.